The lowest BCUT2D eigenvalue weighted by molar-refractivity contribution is -0.102. The van der Waals surface area contributed by atoms with E-state index in [1.165, 1.54) is 6.08 Å². The van der Waals surface area contributed by atoms with Crippen LogP contribution in [0.4, 0.5) is 0 Å². The maximum absolute atomic E-state index is 10.4. The van der Waals surface area contributed by atoms with Gasteiger partial charge in [0.2, 0.25) is 0 Å². The highest BCUT2D eigenvalue weighted by Gasteiger charge is 2.04. The number of halogens is 1. The molecular weight excluding hydrogens is 224 g/mol. The van der Waals surface area contributed by atoms with Gasteiger partial charge in [0.1, 0.15) is 0 Å². The third-order valence-corrected chi connectivity index (χ3v) is 2.29. The van der Waals surface area contributed by atoms with Crippen molar-refractivity contribution < 1.29 is 4.79 Å². The molecule has 1 aromatic rings. The maximum Gasteiger partial charge on any atom is 0.167 e. The molecule has 0 spiro atoms. The number of nitrogens with zero attached hydrogens (tertiary/aromatic N) is 1. The molecule has 0 saturated heterocycles. The van der Waals surface area contributed by atoms with E-state index in [2.05, 4.69) is 0 Å². The van der Waals surface area contributed by atoms with Crippen molar-refractivity contribution in [2.75, 3.05) is 14.1 Å². The molecule has 0 atom stereocenters. The summed E-state index contributed by atoms with van der Waals surface area (Å²) >= 11 is 5.80. The van der Waals surface area contributed by atoms with E-state index >= 15 is 0 Å². The smallest absolute Gasteiger partial charge is 0.167 e. The average molecular weight is 237 g/mol. The van der Waals surface area contributed by atoms with Gasteiger partial charge in [-0.25, -0.2) is 0 Å². The normalized spacial score (nSPS) is 11.1. The standard InChI is InChI=1S/C12H13ClN2O/c1-15(2)12(7-11(14)8-16)9-3-5-10(13)6-4-9/h3-8,14H,1-2H3/b12-7-,14-11?. The van der Waals surface area contributed by atoms with E-state index in [-0.39, 0.29) is 5.71 Å². The van der Waals surface area contributed by atoms with Crippen LogP contribution >= 0.6 is 11.6 Å². The van der Waals surface area contributed by atoms with Gasteiger partial charge in [0.25, 0.3) is 0 Å². The number of rotatable bonds is 4. The van der Waals surface area contributed by atoms with E-state index in [1.54, 1.807) is 12.1 Å². The minimum Gasteiger partial charge on any atom is -0.377 e. The molecule has 1 aromatic carbocycles. The van der Waals surface area contributed by atoms with Gasteiger partial charge in [-0.2, -0.15) is 0 Å². The molecule has 0 unspecified atom stereocenters. The number of carbonyl (C=O) groups is 1. The van der Waals surface area contributed by atoms with E-state index in [1.807, 2.05) is 31.1 Å². The first-order valence-electron chi connectivity index (χ1n) is 4.73. The van der Waals surface area contributed by atoms with Crippen LogP contribution < -0.4 is 0 Å². The highest BCUT2D eigenvalue weighted by atomic mass is 35.5. The molecule has 84 valence electrons. The minimum absolute atomic E-state index is 0.0568. The van der Waals surface area contributed by atoms with Crippen LogP contribution in [0.5, 0.6) is 0 Å². The van der Waals surface area contributed by atoms with Gasteiger partial charge >= 0.3 is 0 Å². The van der Waals surface area contributed by atoms with E-state index in [9.17, 15) is 4.79 Å². The second-order valence-corrected chi connectivity index (χ2v) is 3.94. The topological polar surface area (TPSA) is 44.2 Å². The molecule has 4 heteroatoms. The monoisotopic (exact) mass is 236 g/mol. The lowest BCUT2D eigenvalue weighted by Crippen LogP contribution is -2.12. The second-order valence-electron chi connectivity index (χ2n) is 3.50. The van der Waals surface area contributed by atoms with Crippen molar-refractivity contribution in [1.82, 2.24) is 4.90 Å². The van der Waals surface area contributed by atoms with Crippen LogP contribution in [-0.4, -0.2) is 31.0 Å². The predicted octanol–water partition coefficient (Wildman–Crippen LogP) is 2.46. The van der Waals surface area contributed by atoms with Crippen LogP contribution in [-0.2, 0) is 4.79 Å². The number of nitrogens with one attached hydrogen (secondary N) is 1. The zero-order valence-corrected chi connectivity index (χ0v) is 9.95. The van der Waals surface area contributed by atoms with E-state index in [0.717, 1.165) is 11.3 Å². The van der Waals surface area contributed by atoms with Crippen LogP contribution in [0.1, 0.15) is 5.56 Å². The van der Waals surface area contributed by atoms with Gasteiger partial charge in [-0.15, -0.1) is 0 Å². The van der Waals surface area contributed by atoms with E-state index < -0.39 is 0 Å². The first-order valence-corrected chi connectivity index (χ1v) is 5.11. The zero-order valence-electron chi connectivity index (χ0n) is 9.20. The van der Waals surface area contributed by atoms with Crippen molar-refractivity contribution in [3.63, 3.8) is 0 Å². The van der Waals surface area contributed by atoms with Crippen molar-refractivity contribution in [3.8, 4) is 0 Å². The molecule has 0 aliphatic rings. The van der Waals surface area contributed by atoms with Crippen molar-refractivity contribution in [3.05, 3.63) is 40.9 Å². The van der Waals surface area contributed by atoms with Gasteiger partial charge in [-0.3, -0.25) is 10.2 Å². The molecule has 0 aliphatic heterocycles. The highest BCUT2D eigenvalue weighted by molar-refractivity contribution is 6.33. The highest BCUT2D eigenvalue weighted by Crippen LogP contribution is 2.19. The molecule has 0 bridgehead atoms. The van der Waals surface area contributed by atoms with Gasteiger partial charge in [0.15, 0.2) is 6.29 Å². The number of benzene rings is 1. The van der Waals surface area contributed by atoms with Gasteiger partial charge in [0.05, 0.1) is 5.71 Å². The van der Waals surface area contributed by atoms with Gasteiger partial charge < -0.3 is 4.90 Å². The number of hydrogen-bond acceptors (Lipinski definition) is 3. The molecule has 3 nitrogen and oxygen atoms in total. The Morgan fingerprint density at radius 3 is 2.31 bits per heavy atom. The lowest BCUT2D eigenvalue weighted by atomic mass is 10.1. The molecule has 0 aliphatic carbocycles. The number of carbonyl (C=O) groups excluding carboxylic acids is 1. The summed E-state index contributed by atoms with van der Waals surface area (Å²) in [5.41, 5.74) is 1.66. The Bertz CT molecular complexity index is 421. The second kappa shape index (κ2) is 5.47. The van der Waals surface area contributed by atoms with Crippen molar-refractivity contribution in [2.45, 2.75) is 0 Å². The molecule has 0 amide bonds. The third-order valence-electron chi connectivity index (χ3n) is 2.04. The quantitative estimate of drug-likeness (QED) is 0.645. The molecule has 0 radical (unpaired) electrons. The Hall–Kier alpha value is -1.61. The SMILES string of the molecule is CN(C)/C(=C\C(=N)C=O)c1ccc(Cl)cc1. The van der Waals surface area contributed by atoms with Gasteiger partial charge in [-0.1, -0.05) is 23.7 Å². The Morgan fingerprint density at radius 1 is 1.31 bits per heavy atom. The van der Waals surface area contributed by atoms with Gasteiger partial charge in [-0.05, 0) is 23.8 Å². The fraction of sp³-hybridized carbons (Fsp3) is 0.167. The first kappa shape index (κ1) is 12.5. The summed E-state index contributed by atoms with van der Waals surface area (Å²) in [6, 6.07) is 7.26. The van der Waals surface area contributed by atoms with E-state index in [0.29, 0.717) is 11.3 Å². The van der Waals surface area contributed by atoms with Gasteiger partial charge in [0, 0.05) is 24.8 Å². The van der Waals surface area contributed by atoms with Crippen molar-refractivity contribution in [2.24, 2.45) is 0 Å². The molecule has 1 rings (SSSR count). The average Bonchev–Trinajstić information content (AvgIpc) is 2.26. The van der Waals surface area contributed by atoms with Crippen LogP contribution in [0.15, 0.2) is 30.3 Å². The summed E-state index contributed by atoms with van der Waals surface area (Å²) in [4.78, 5) is 12.3. The Kier molecular flexibility index (Phi) is 4.26. The number of aldehydes is 1. The summed E-state index contributed by atoms with van der Waals surface area (Å²) in [6.45, 7) is 0. The third kappa shape index (κ3) is 3.21. The predicted molar refractivity (Wildman–Crippen MR) is 66.9 cm³/mol. The first-order chi connectivity index (χ1) is 7.54. The Balaban J connectivity index is 3.12. The van der Waals surface area contributed by atoms with Crippen LogP contribution in [0.3, 0.4) is 0 Å². The summed E-state index contributed by atoms with van der Waals surface area (Å²) in [6.07, 6.45) is 2.04. The molecule has 0 saturated carbocycles. The zero-order chi connectivity index (χ0) is 12.1. The summed E-state index contributed by atoms with van der Waals surface area (Å²) in [7, 11) is 3.72. The van der Waals surface area contributed by atoms with Crippen LogP contribution in [0, 0.1) is 5.41 Å². The molecule has 0 heterocycles. The Morgan fingerprint density at radius 2 is 1.88 bits per heavy atom. The molecule has 16 heavy (non-hydrogen) atoms. The summed E-state index contributed by atoms with van der Waals surface area (Å²) in [5, 5.41) is 8.02. The summed E-state index contributed by atoms with van der Waals surface area (Å²) in [5.74, 6) is 0. The number of hydrogen-bond donors (Lipinski definition) is 1. The van der Waals surface area contributed by atoms with Crippen molar-refractivity contribution in [1.29, 1.82) is 5.41 Å². The Labute approximate surface area is 99.8 Å². The fourth-order valence-electron chi connectivity index (χ4n) is 1.27. The molecule has 0 fully saturated rings. The lowest BCUT2D eigenvalue weighted by Gasteiger charge is -2.17. The molecule has 0 aromatic heterocycles. The van der Waals surface area contributed by atoms with Crippen molar-refractivity contribution >= 4 is 29.3 Å². The maximum atomic E-state index is 10.4. The van der Waals surface area contributed by atoms with Crippen LogP contribution in [0.2, 0.25) is 5.02 Å². The summed E-state index contributed by atoms with van der Waals surface area (Å²) < 4.78 is 0. The number of allylic oxidation sites excluding steroid dienone is 1. The molecular formula is C12H13ClN2O. The minimum atomic E-state index is -0.0568. The molecule has 1 N–H and O–H groups in total. The fourth-order valence-corrected chi connectivity index (χ4v) is 1.40. The van der Waals surface area contributed by atoms with Crippen LogP contribution in [0.25, 0.3) is 5.70 Å². The largest absolute Gasteiger partial charge is 0.377 e. The van der Waals surface area contributed by atoms with E-state index in [4.69, 9.17) is 17.0 Å².